The molecule has 25 heavy (non-hydrogen) atoms. The number of hydrogen-bond acceptors (Lipinski definition) is 4. The third kappa shape index (κ3) is 3.82. The van der Waals surface area contributed by atoms with Crippen LogP contribution in [0.2, 0.25) is 0 Å². The van der Waals surface area contributed by atoms with Crippen molar-refractivity contribution in [3.05, 3.63) is 29.8 Å². The Morgan fingerprint density at radius 1 is 1.16 bits per heavy atom. The van der Waals surface area contributed by atoms with Gasteiger partial charge in [0.1, 0.15) is 5.75 Å². The van der Waals surface area contributed by atoms with E-state index in [0.717, 1.165) is 43.9 Å². The summed E-state index contributed by atoms with van der Waals surface area (Å²) >= 11 is 0. The number of nitrogens with zero attached hydrogens (tertiary/aromatic N) is 2. The summed E-state index contributed by atoms with van der Waals surface area (Å²) in [7, 11) is 5.66. The molecule has 0 unspecified atom stereocenters. The number of piperidine rings is 1. The molecule has 0 aliphatic carbocycles. The molecule has 5 heteroatoms. The van der Waals surface area contributed by atoms with E-state index in [1.54, 1.807) is 14.2 Å². The van der Waals surface area contributed by atoms with Crippen molar-refractivity contribution in [1.82, 2.24) is 9.80 Å². The van der Waals surface area contributed by atoms with Gasteiger partial charge in [0.05, 0.1) is 20.1 Å². The second kappa shape index (κ2) is 7.75. The Bertz CT molecular complexity index is 579. The molecule has 1 aromatic rings. The minimum Gasteiger partial charge on any atom is -0.497 e. The van der Waals surface area contributed by atoms with E-state index in [1.807, 2.05) is 29.2 Å². The SMILES string of the molecule is COC[C@@H]1CCC2(CCN(C(=O)Cc3ccc(OC)cc3)CC2)N1C. The van der Waals surface area contributed by atoms with Crippen molar-refractivity contribution in [3.8, 4) is 5.75 Å². The maximum absolute atomic E-state index is 12.6. The topological polar surface area (TPSA) is 42.0 Å². The fraction of sp³-hybridized carbons (Fsp3) is 0.650. The van der Waals surface area contributed by atoms with Crippen LogP contribution in [0.25, 0.3) is 0 Å². The highest BCUT2D eigenvalue weighted by Crippen LogP contribution is 2.40. The molecule has 2 heterocycles. The summed E-state index contributed by atoms with van der Waals surface area (Å²) in [5.41, 5.74) is 1.31. The number of methoxy groups -OCH3 is 2. The number of amides is 1. The van der Waals surface area contributed by atoms with Crippen LogP contribution in [0.3, 0.4) is 0 Å². The van der Waals surface area contributed by atoms with Crippen molar-refractivity contribution in [1.29, 1.82) is 0 Å². The van der Waals surface area contributed by atoms with Crippen molar-refractivity contribution in [2.24, 2.45) is 0 Å². The molecule has 138 valence electrons. The third-order valence-corrected chi connectivity index (χ3v) is 6.16. The van der Waals surface area contributed by atoms with Gasteiger partial charge in [-0.15, -0.1) is 0 Å². The number of rotatable bonds is 5. The first kappa shape index (κ1) is 18.2. The van der Waals surface area contributed by atoms with Gasteiger partial charge in [0.2, 0.25) is 5.91 Å². The lowest BCUT2D eigenvalue weighted by Gasteiger charge is -2.45. The molecule has 0 bridgehead atoms. The maximum atomic E-state index is 12.6. The molecule has 1 spiro atoms. The van der Waals surface area contributed by atoms with Crippen molar-refractivity contribution in [2.75, 3.05) is 41.0 Å². The van der Waals surface area contributed by atoms with Gasteiger partial charge in [0.25, 0.3) is 0 Å². The zero-order chi connectivity index (χ0) is 17.9. The van der Waals surface area contributed by atoms with Crippen molar-refractivity contribution in [3.63, 3.8) is 0 Å². The lowest BCUT2D eigenvalue weighted by Crippen LogP contribution is -2.54. The van der Waals surface area contributed by atoms with E-state index in [9.17, 15) is 4.79 Å². The minimum absolute atomic E-state index is 0.231. The Hall–Kier alpha value is -1.59. The highest BCUT2D eigenvalue weighted by Gasteiger charge is 2.46. The van der Waals surface area contributed by atoms with Crippen molar-refractivity contribution < 1.29 is 14.3 Å². The molecular weight excluding hydrogens is 316 g/mol. The van der Waals surface area contributed by atoms with Crippen LogP contribution in [0.4, 0.5) is 0 Å². The number of ether oxygens (including phenoxy) is 2. The molecule has 3 rings (SSSR count). The monoisotopic (exact) mass is 346 g/mol. The third-order valence-electron chi connectivity index (χ3n) is 6.16. The molecule has 2 fully saturated rings. The fourth-order valence-corrected chi connectivity index (χ4v) is 4.38. The number of hydrogen-bond donors (Lipinski definition) is 0. The molecule has 0 saturated carbocycles. The quantitative estimate of drug-likeness (QED) is 0.821. The van der Waals surface area contributed by atoms with E-state index in [4.69, 9.17) is 9.47 Å². The Morgan fingerprint density at radius 3 is 2.44 bits per heavy atom. The molecule has 1 aromatic carbocycles. The summed E-state index contributed by atoms with van der Waals surface area (Å²) in [5.74, 6) is 1.06. The first-order chi connectivity index (χ1) is 12.1. The molecule has 0 radical (unpaired) electrons. The fourth-order valence-electron chi connectivity index (χ4n) is 4.38. The number of carbonyl (C=O) groups is 1. The Labute approximate surface area is 150 Å². The summed E-state index contributed by atoms with van der Waals surface area (Å²) in [6.45, 7) is 2.52. The largest absolute Gasteiger partial charge is 0.497 e. The van der Waals surface area contributed by atoms with Crippen LogP contribution in [0.15, 0.2) is 24.3 Å². The van der Waals surface area contributed by atoms with Gasteiger partial charge in [-0.25, -0.2) is 0 Å². The number of likely N-dealkylation sites (N-methyl/N-ethyl adjacent to an activating group) is 1. The number of carbonyl (C=O) groups excluding carboxylic acids is 1. The number of benzene rings is 1. The zero-order valence-corrected chi connectivity index (χ0v) is 15.7. The molecule has 0 N–H and O–H groups in total. The number of likely N-dealkylation sites (tertiary alicyclic amines) is 2. The first-order valence-corrected chi connectivity index (χ1v) is 9.20. The van der Waals surface area contributed by atoms with E-state index in [0.29, 0.717) is 12.5 Å². The molecule has 1 amide bonds. The van der Waals surface area contributed by atoms with Crippen molar-refractivity contribution >= 4 is 5.91 Å². The maximum Gasteiger partial charge on any atom is 0.226 e. The summed E-state index contributed by atoms with van der Waals surface area (Å²) in [6.07, 6.45) is 5.03. The van der Waals surface area contributed by atoms with Gasteiger partial charge in [0, 0.05) is 31.8 Å². The van der Waals surface area contributed by atoms with E-state index < -0.39 is 0 Å². The lowest BCUT2D eigenvalue weighted by atomic mass is 9.85. The van der Waals surface area contributed by atoms with Crippen LogP contribution in [0.1, 0.15) is 31.2 Å². The summed E-state index contributed by atoms with van der Waals surface area (Å²) in [5, 5.41) is 0. The molecular formula is C20H30N2O3. The summed E-state index contributed by atoms with van der Waals surface area (Å²) in [6, 6.07) is 8.30. The Morgan fingerprint density at radius 2 is 1.84 bits per heavy atom. The molecule has 2 aliphatic rings. The van der Waals surface area contributed by atoms with Crippen LogP contribution >= 0.6 is 0 Å². The molecule has 0 aromatic heterocycles. The smallest absolute Gasteiger partial charge is 0.226 e. The second-order valence-electron chi connectivity index (χ2n) is 7.39. The summed E-state index contributed by atoms with van der Waals surface area (Å²) in [4.78, 5) is 17.2. The molecule has 2 aliphatic heterocycles. The van der Waals surface area contributed by atoms with E-state index in [-0.39, 0.29) is 11.4 Å². The van der Waals surface area contributed by atoms with Crippen LogP contribution in [0.5, 0.6) is 5.75 Å². The van der Waals surface area contributed by atoms with Crippen LogP contribution in [0, 0.1) is 0 Å². The van der Waals surface area contributed by atoms with Gasteiger partial charge < -0.3 is 14.4 Å². The Kier molecular flexibility index (Phi) is 5.64. The van der Waals surface area contributed by atoms with E-state index in [2.05, 4.69) is 11.9 Å². The average Bonchev–Trinajstić information content (AvgIpc) is 2.93. The van der Waals surface area contributed by atoms with Crippen LogP contribution < -0.4 is 4.74 Å². The standard InChI is InChI=1S/C20H30N2O3/c1-21-17(15-24-2)8-9-20(21)10-12-22(13-11-20)19(23)14-16-4-6-18(25-3)7-5-16/h4-7,17H,8-15H2,1-3H3/t17-/m0/s1. The van der Waals surface area contributed by atoms with Gasteiger partial charge in [-0.3, -0.25) is 9.69 Å². The van der Waals surface area contributed by atoms with Crippen LogP contribution in [-0.2, 0) is 16.0 Å². The van der Waals surface area contributed by atoms with Gasteiger partial charge in [0.15, 0.2) is 0 Å². The summed E-state index contributed by atoms with van der Waals surface area (Å²) < 4.78 is 10.5. The molecule has 1 atom stereocenters. The van der Waals surface area contributed by atoms with Gasteiger partial charge in [-0.05, 0) is 50.4 Å². The highest BCUT2D eigenvalue weighted by atomic mass is 16.5. The average molecular weight is 346 g/mol. The lowest BCUT2D eigenvalue weighted by molar-refractivity contribution is -0.133. The van der Waals surface area contributed by atoms with Gasteiger partial charge in [-0.1, -0.05) is 12.1 Å². The van der Waals surface area contributed by atoms with Crippen molar-refractivity contribution in [2.45, 2.75) is 43.7 Å². The van der Waals surface area contributed by atoms with E-state index >= 15 is 0 Å². The van der Waals surface area contributed by atoms with Gasteiger partial charge in [-0.2, -0.15) is 0 Å². The second-order valence-corrected chi connectivity index (χ2v) is 7.39. The zero-order valence-electron chi connectivity index (χ0n) is 15.7. The first-order valence-electron chi connectivity index (χ1n) is 9.20. The normalized spacial score (nSPS) is 23.2. The molecule has 5 nitrogen and oxygen atoms in total. The molecule has 2 saturated heterocycles. The highest BCUT2D eigenvalue weighted by molar-refractivity contribution is 5.79. The van der Waals surface area contributed by atoms with E-state index in [1.165, 1.54) is 12.8 Å². The predicted molar refractivity (Wildman–Crippen MR) is 97.9 cm³/mol. The van der Waals surface area contributed by atoms with Gasteiger partial charge >= 0.3 is 0 Å². The predicted octanol–water partition coefficient (Wildman–Crippen LogP) is 2.34. The Balaban J connectivity index is 1.54. The van der Waals surface area contributed by atoms with Crippen LogP contribution in [-0.4, -0.2) is 68.3 Å². The minimum atomic E-state index is 0.231.